The zero-order valence-corrected chi connectivity index (χ0v) is 59.6. The number of benzene rings is 13. The predicted octanol–water partition coefficient (Wildman–Crippen LogP) is 26.6. The number of hydrogen-bond acceptors (Lipinski definition) is 2. The molecule has 2 aliphatic rings. The van der Waals surface area contributed by atoms with E-state index in [1.165, 1.54) is 144 Å². The van der Waals surface area contributed by atoms with E-state index >= 15 is 0 Å². The van der Waals surface area contributed by atoms with E-state index < -0.39 is 0 Å². The molecule has 13 aromatic carbocycles. The lowest BCUT2D eigenvalue weighted by atomic mass is 9.70. The number of rotatable bonds is 8. The maximum atomic E-state index is 5.13. The molecule has 0 amide bonds. The number of allylic oxidation sites excluding steroid dienone is 2. The second-order valence-corrected chi connectivity index (χ2v) is 29.2. The van der Waals surface area contributed by atoms with Gasteiger partial charge in [0, 0.05) is 32.7 Å². The summed E-state index contributed by atoms with van der Waals surface area (Å²) in [6, 6.07) is 102. The Hall–Kier alpha value is -11.3. The van der Waals surface area contributed by atoms with E-state index in [2.05, 4.69) is 374 Å². The quantitative estimate of drug-likeness (QED) is 0.142. The van der Waals surface area contributed by atoms with Gasteiger partial charge in [0.25, 0.3) is 0 Å². The molecular weight excluding hydrogens is 1210 g/mol. The van der Waals surface area contributed by atoms with Crippen molar-refractivity contribution in [3.8, 4) is 78.1 Å². The van der Waals surface area contributed by atoms with Gasteiger partial charge in [-0.1, -0.05) is 327 Å². The lowest BCUT2D eigenvalue weighted by Gasteiger charge is -2.33. The fraction of sp³-hybridized carbons (Fsp3) is 0.143. The third-order valence-electron chi connectivity index (χ3n) is 20.9. The van der Waals surface area contributed by atoms with Crippen LogP contribution in [0.1, 0.15) is 94.5 Å². The smallest absolute Gasteiger partial charge is 0.0716 e. The summed E-state index contributed by atoms with van der Waals surface area (Å²) in [5.41, 5.74) is 37.5. The van der Waals surface area contributed by atoms with E-state index in [-0.39, 0.29) is 10.8 Å². The van der Waals surface area contributed by atoms with Crippen molar-refractivity contribution < 1.29 is 0 Å². The first-order valence-electron chi connectivity index (χ1n) is 35.2. The molecule has 100 heavy (non-hydrogen) atoms. The summed E-state index contributed by atoms with van der Waals surface area (Å²) in [7, 11) is 0. The molecule has 2 heteroatoms. The molecule has 17 rings (SSSR count). The van der Waals surface area contributed by atoms with Crippen LogP contribution in [0.2, 0.25) is 0 Å². The Balaban J connectivity index is 0.000000130. The summed E-state index contributed by atoms with van der Waals surface area (Å²) >= 11 is 0. The number of nitrogens with zero attached hydrogens (tertiary/aromatic N) is 2. The van der Waals surface area contributed by atoms with Crippen molar-refractivity contribution in [3.05, 3.63) is 357 Å². The first-order valence-corrected chi connectivity index (χ1v) is 35.2. The highest BCUT2D eigenvalue weighted by Gasteiger charge is 2.42. The third-order valence-corrected chi connectivity index (χ3v) is 20.9. The fourth-order valence-electron chi connectivity index (χ4n) is 15.3. The highest BCUT2D eigenvalue weighted by atomic mass is 14.7. The van der Waals surface area contributed by atoms with Crippen LogP contribution in [0, 0.1) is 55.4 Å². The standard InChI is InChI=1S/C44H32N2.C30H26.C24H26/c1-29-13-17-33(18-14-29)43-27-37(31-9-5-3-6-10-31)39-25-35(21-23-41(39)45-43)36-22-24-42-40(26-36)38(32-11-7-4-8-12-32)28-44(46-42)34-19-15-30(2)16-20-34;1-19-5-11-23(12-6-19)29-25-15-9-22(4)18-28(25)30(24-13-7-20(2)8-14-24)26-16-10-21(3)17-27(26)29;1-15-7-9-17-13-21(23(3,4)19(17)11-15)22-14-18-10-8-16(2)12-20(18)24(22,5)6/h3-28H,1-2H3;5-18H,1-4H3;7-14H,1-6H3. The van der Waals surface area contributed by atoms with Gasteiger partial charge in [-0.3, -0.25) is 0 Å². The molecule has 0 saturated heterocycles. The van der Waals surface area contributed by atoms with Crippen molar-refractivity contribution in [2.75, 3.05) is 0 Å². The summed E-state index contributed by atoms with van der Waals surface area (Å²) in [5.74, 6) is 0. The Labute approximate surface area is 590 Å². The normalized spacial score (nSPS) is 13.3. The molecule has 2 aliphatic carbocycles. The van der Waals surface area contributed by atoms with E-state index in [9.17, 15) is 0 Å². The molecule has 0 saturated carbocycles. The number of pyridine rings is 2. The zero-order chi connectivity index (χ0) is 69.1. The SMILES string of the molecule is Cc1ccc(-c2c3ccc(C)cc3c(-c3ccc(C)cc3)c3ccc(C)cc23)cc1.Cc1ccc(-c2cc(-c3ccccc3)c3cc(-c4ccc5nc(-c6ccc(C)cc6)cc(-c6ccccc6)c5c4)ccc3n2)cc1.Cc1ccc2c(c1)C(C)(C)C(C1=Cc3ccc(C)cc3C1(C)C)=C2. The lowest BCUT2D eigenvalue weighted by Crippen LogP contribution is -2.26. The summed E-state index contributed by atoms with van der Waals surface area (Å²) in [6.45, 7) is 26.7. The summed E-state index contributed by atoms with van der Waals surface area (Å²) in [5, 5.41) is 7.55. The van der Waals surface area contributed by atoms with Gasteiger partial charge in [0.1, 0.15) is 0 Å². The molecule has 0 aliphatic heterocycles. The van der Waals surface area contributed by atoms with Crippen LogP contribution in [0.4, 0.5) is 0 Å². The van der Waals surface area contributed by atoms with Crippen molar-refractivity contribution in [1.29, 1.82) is 0 Å². The molecule has 0 fully saturated rings. The first-order chi connectivity index (χ1) is 48.3. The minimum absolute atomic E-state index is 0.0571. The number of aryl methyl sites for hydroxylation is 8. The molecule has 0 unspecified atom stereocenters. The van der Waals surface area contributed by atoms with Gasteiger partial charge in [0.05, 0.1) is 22.4 Å². The van der Waals surface area contributed by atoms with Gasteiger partial charge in [0.15, 0.2) is 0 Å². The van der Waals surface area contributed by atoms with Crippen molar-refractivity contribution in [2.45, 2.75) is 93.9 Å². The maximum Gasteiger partial charge on any atom is 0.0716 e. The van der Waals surface area contributed by atoms with Crippen molar-refractivity contribution in [1.82, 2.24) is 9.97 Å². The molecule has 0 bridgehead atoms. The van der Waals surface area contributed by atoms with Crippen molar-refractivity contribution in [2.24, 2.45) is 0 Å². The first kappa shape index (κ1) is 64.7. The van der Waals surface area contributed by atoms with Gasteiger partial charge in [-0.05, 0) is 202 Å². The van der Waals surface area contributed by atoms with Gasteiger partial charge in [-0.2, -0.15) is 0 Å². The Kier molecular flexibility index (Phi) is 16.9. The van der Waals surface area contributed by atoms with Crippen LogP contribution in [0.15, 0.2) is 290 Å². The third kappa shape index (κ3) is 12.4. The van der Waals surface area contributed by atoms with Crippen molar-refractivity contribution in [3.63, 3.8) is 0 Å². The molecule has 0 spiro atoms. The van der Waals surface area contributed by atoms with E-state index in [1.807, 2.05) is 0 Å². The molecule has 2 nitrogen and oxygen atoms in total. The second kappa shape index (κ2) is 26.2. The molecule has 0 radical (unpaired) electrons. The van der Waals surface area contributed by atoms with Gasteiger partial charge in [-0.15, -0.1) is 0 Å². The van der Waals surface area contributed by atoms with Gasteiger partial charge >= 0.3 is 0 Å². The Morgan fingerprint density at radius 1 is 0.230 bits per heavy atom. The minimum Gasteiger partial charge on any atom is -0.248 e. The Morgan fingerprint density at radius 2 is 0.540 bits per heavy atom. The van der Waals surface area contributed by atoms with Crippen LogP contribution >= 0.6 is 0 Å². The lowest BCUT2D eigenvalue weighted by molar-refractivity contribution is 0.583. The van der Waals surface area contributed by atoms with Crippen LogP contribution in [-0.2, 0) is 10.8 Å². The van der Waals surface area contributed by atoms with Crippen LogP contribution in [0.25, 0.3) is 134 Å². The van der Waals surface area contributed by atoms with Crippen LogP contribution in [0.3, 0.4) is 0 Å². The molecule has 15 aromatic rings. The Bertz CT molecular complexity index is 5370. The fourth-order valence-corrected chi connectivity index (χ4v) is 15.3. The monoisotopic (exact) mass is 1290 g/mol. The van der Waals surface area contributed by atoms with Crippen LogP contribution in [-0.4, -0.2) is 9.97 Å². The molecule has 486 valence electrons. The molecule has 2 heterocycles. The van der Waals surface area contributed by atoms with E-state index in [0.717, 1.165) is 55.4 Å². The highest BCUT2D eigenvalue weighted by molar-refractivity contribution is 6.21. The largest absolute Gasteiger partial charge is 0.248 e. The number of aromatic nitrogens is 2. The minimum atomic E-state index is 0.0571. The molecule has 0 atom stereocenters. The van der Waals surface area contributed by atoms with E-state index in [1.54, 1.807) is 0 Å². The topological polar surface area (TPSA) is 25.8 Å². The van der Waals surface area contributed by atoms with Gasteiger partial charge in [-0.25, -0.2) is 9.97 Å². The molecule has 2 aromatic heterocycles. The zero-order valence-electron chi connectivity index (χ0n) is 59.6. The predicted molar refractivity (Wildman–Crippen MR) is 429 cm³/mol. The summed E-state index contributed by atoms with van der Waals surface area (Å²) < 4.78 is 0. The maximum absolute atomic E-state index is 5.13. The second-order valence-electron chi connectivity index (χ2n) is 29.2. The van der Waals surface area contributed by atoms with E-state index in [4.69, 9.17) is 9.97 Å². The average molecular weight is 1290 g/mol. The van der Waals surface area contributed by atoms with Crippen molar-refractivity contribution >= 4 is 55.5 Å². The van der Waals surface area contributed by atoms with E-state index in [0.29, 0.717) is 0 Å². The van der Waals surface area contributed by atoms with Gasteiger partial charge in [0.2, 0.25) is 0 Å². The van der Waals surface area contributed by atoms with Gasteiger partial charge < -0.3 is 0 Å². The number of fused-ring (bicyclic) bond motifs is 6. The summed E-state index contributed by atoms with van der Waals surface area (Å²) in [4.78, 5) is 10.3. The highest BCUT2D eigenvalue weighted by Crippen LogP contribution is 2.54. The summed E-state index contributed by atoms with van der Waals surface area (Å²) in [6.07, 6.45) is 4.84. The van der Waals surface area contributed by atoms with Crippen LogP contribution < -0.4 is 0 Å². The molecular formula is C98H84N2. The number of hydrogen-bond donors (Lipinski definition) is 0. The van der Waals surface area contributed by atoms with Crippen LogP contribution in [0.5, 0.6) is 0 Å². The Morgan fingerprint density at radius 3 is 0.900 bits per heavy atom. The molecule has 0 N–H and O–H groups in total. The average Bonchev–Trinajstić information content (AvgIpc) is 1.63.